The average molecular weight is 196 g/mol. The Morgan fingerprint density at radius 3 is 2.43 bits per heavy atom. The van der Waals surface area contributed by atoms with Crippen molar-refractivity contribution in [3.05, 3.63) is 0 Å². The second-order valence-corrected chi connectivity index (χ2v) is 5.56. The van der Waals surface area contributed by atoms with Gasteiger partial charge in [0.25, 0.3) is 0 Å². The molecule has 0 aromatic heterocycles. The first kappa shape index (κ1) is 11.2. The molecule has 14 heavy (non-hydrogen) atoms. The molecule has 0 spiro atoms. The normalized spacial score (nSPS) is 24.9. The molecule has 0 atom stereocenters. The molecule has 1 aliphatic heterocycles. The standard InChI is InChI=1S/C11H20N2O/c1-10(2,3)13-9-11(4,5)7-6-8(14)12-9/h6-7H2,1-5H3,(H,12,13,14). The van der Waals surface area contributed by atoms with Gasteiger partial charge in [-0.05, 0) is 27.2 Å². The number of rotatable bonds is 0. The van der Waals surface area contributed by atoms with Crippen LogP contribution < -0.4 is 5.32 Å². The summed E-state index contributed by atoms with van der Waals surface area (Å²) in [4.78, 5) is 15.8. The molecular formula is C11H20N2O. The van der Waals surface area contributed by atoms with Crippen LogP contribution in [-0.4, -0.2) is 17.3 Å². The monoisotopic (exact) mass is 196 g/mol. The third kappa shape index (κ3) is 2.82. The minimum Gasteiger partial charge on any atom is -0.314 e. The lowest BCUT2D eigenvalue weighted by atomic mass is 9.83. The van der Waals surface area contributed by atoms with Gasteiger partial charge in [-0.25, -0.2) is 0 Å². The summed E-state index contributed by atoms with van der Waals surface area (Å²) in [7, 11) is 0. The van der Waals surface area contributed by atoms with Crippen LogP contribution in [0.1, 0.15) is 47.5 Å². The average Bonchev–Trinajstić information content (AvgIpc) is 1.95. The maximum Gasteiger partial charge on any atom is 0.225 e. The van der Waals surface area contributed by atoms with Gasteiger partial charge in [0.05, 0.1) is 5.54 Å². The molecule has 1 rings (SSSR count). The first-order valence-corrected chi connectivity index (χ1v) is 5.11. The van der Waals surface area contributed by atoms with E-state index < -0.39 is 0 Å². The summed E-state index contributed by atoms with van der Waals surface area (Å²) < 4.78 is 0. The van der Waals surface area contributed by atoms with Crippen LogP contribution in [-0.2, 0) is 4.79 Å². The highest BCUT2D eigenvalue weighted by Crippen LogP contribution is 2.28. The van der Waals surface area contributed by atoms with Crippen molar-refractivity contribution >= 4 is 11.7 Å². The molecule has 0 aromatic carbocycles. The first-order valence-electron chi connectivity index (χ1n) is 5.11. The van der Waals surface area contributed by atoms with Gasteiger partial charge in [-0.3, -0.25) is 9.79 Å². The molecule has 0 radical (unpaired) electrons. The van der Waals surface area contributed by atoms with Crippen molar-refractivity contribution in [2.45, 2.75) is 53.0 Å². The number of nitrogens with one attached hydrogen (secondary N) is 1. The van der Waals surface area contributed by atoms with E-state index in [1.807, 2.05) is 20.8 Å². The molecular weight excluding hydrogens is 176 g/mol. The highest BCUT2D eigenvalue weighted by atomic mass is 16.1. The summed E-state index contributed by atoms with van der Waals surface area (Å²) in [5.74, 6) is 0.925. The molecule has 0 bridgehead atoms. The van der Waals surface area contributed by atoms with Gasteiger partial charge >= 0.3 is 0 Å². The highest BCUT2D eigenvalue weighted by Gasteiger charge is 2.32. The Morgan fingerprint density at radius 2 is 1.93 bits per heavy atom. The number of hydrogen-bond acceptors (Lipinski definition) is 2. The van der Waals surface area contributed by atoms with E-state index >= 15 is 0 Å². The van der Waals surface area contributed by atoms with Crippen LogP contribution in [0.2, 0.25) is 0 Å². The molecule has 1 N–H and O–H groups in total. The fourth-order valence-electron chi connectivity index (χ4n) is 1.42. The van der Waals surface area contributed by atoms with Gasteiger partial charge in [-0.15, -0.1) is 0 Å². The smallest absolute Gasteiger partial charge is 0.225 e. The van der Waals surface area contributed by atoms with E-state index in [1.165, 1.54) is 0 Å². The van der Waals surface area contributed by atoms with Crippen LogP contribution in [0.5, 0.6) is 0 Å². The summed E-state index contributed by atoms with van der Waals surface area (Å²) in [6, 6.07) is 0. The number of carbonyl (C=O) groups excluding carboxylic acids is 1. The van der Waals surface area contributed by atoms with E-state index in [4.69, 9.17) is 0 Å². The molecule has 1 heterocycles. The van der Waals surface area contributed by atoms with E-state index in [2.05, 4.69) is 24.2 Å². The number of nitrogens with zero attached hydrogens (tertiary/aromatic N) is 1. The third-order valence-electron chi connectivity index (χ3n) is 2.32. The summed E-state index contributed by atoms with van der Waals surface area (Å²) in [5.41, 5.74) is -0.127. The lowest BCUT2D eigenvalue weighted by molar-refractivity contribution is -0.121. The van der Waals surface area contributed by atoms with Crippen molar-refractivity contribution < 1.29 is 4.79 Å². The maximum absolute atomic E-state index is 11.3. The van der Waals surface area contributed by atoms with Gasteiger partial charge in [0, 0.05) is 11.8 Å². The van der Waals surface area contributed by atoms with Gasteiger partial charge in [0.15, 0.2) is 0 Å². The Bertz CT molecular complexity index is 272. The van der Waals surface area contributed by atoms with E-state index in [0.717, 1.165) is 12.3 Å². The van der Waals surface area contributed by atoms with Crippen LogP contribution in [0, 0.1) is 5.41 Å². The van der Waals surface area contributed by atoms with Crippen LogP contribution in [0.15, 0.2) is 4.99 Å². The van der Waals surface area contributed by atoms with Crippen molar-refractivity contribution in [3.63, 3.8) is 0 Å². The van der Waals surface area contributed by atoms with Crippen molar-refractivity contribution in [1.82, 2.24) is 5.32 Å². The Hall–Kier alpha value is -0.860. The largest absolute Gasteiger partial charge is 0.314 e. The Labute approximate surface area is 86.0 Å². The maximum atomic E-state index is 11.3. The number of aliphatic imine (C=N–C) groups is 1. The molecule has 80 valence electrons. The number of amides is 1. The Kier molecular flexibility index (Phi) is 2.70. The van der Waals surface area contributed by atoms with Crippen molar-refractivity contribution in [2.24, 2.45) is 10.4 Å². The van der Waals surface area contributed by atoms with Crippen LogP contribution in [0.3, 0.4) is 0 Å². The SMILES string of the molecule is CC(C)(C)N=C1NC(=O)CCC1(C)C. The summed E-state index contributed by atoms with van der Waals surface area (Å²) in [5, 5.41) is 2.87. The molecule has 1 amide bonds. The van der Waals surface area contributed by atoms with E-state index in [0.29, 0.717) is 6.42 Å². The van der Waals surface area contributed by atoms with Gasteiger partial charge in [-0.2, -0.15) is 0 Å². The molecule has 3 nitrogen and oxygen atoms in total. The molecule has 0 aliphatic carbocycles. The number of amidine groups is 1. The third-order valence-corrected chi connectivity index (χ3v) is 2.32. The van der Waals surface area contributed by atoms with Gasteiger partial charge in [0.2, 0.25) is 5.91 Å². The fraction of sp³-hybridized carbons (Fsp3) is 0.818. The van der Waals surface area contributed by atoms with E-state index in [9.17, 15) is 4.79 Å². The zero-order chi connectivity index (χ0) is 11.0. The molecule has 0 unspecified atom stereocenters. The zero-order valence-corrected chi connectivity index (χ0v) is 9.77. The van der Waals surface area contributed by atoms with Crippen molar-refractivity contribution in [1.29, 1.82) is 0 Å². The lowest BCUT2D eigenvalue weighted by Crippen LogP contribution is -2.47. The summed E-state index contributed by atoms with van der Waals surface area (Å²) >= 11 is 0. The molecule has 3 heteroatoms. The molecule has 1 saturated heterocycles. The van der Waals surface area contributed by atoms with Crippen LogP contribution >= 0.6 is 0 Å². The van der Waals surface area contributed by atoms with E-state index in [1.54, 1.807) is 0 Å². The quantitative estimate of drug-likeness (QED) is 0.633. The lowest BCUT2D eigenvalue weighted by Gasteiger charge is -2.33. The van der Waals surface area contributed by atoms with Crippen molar-refractivity contribution in [2.75, 3.05) is 0 Å². The van der Waals surface area contributed by atoms with Crippen LogP contribution in [0.25, 0.3) is 0 Å². The van der Waals surface area contributed by atoms with E-state index in [-0.39, 0.29) is 16.9 Å². The van der Waals surface area contributed by atoms with Gasteiger partial charge < -0.3 is 5.32 Å². The van der Waals surface area contributed by atoms with Crippen LogP contribution in [0.4, 0.5) is 0 Å². The summed E-state index contributed by atoms with van der Waals surface area (Å²) in [6.07, 6.45) is 1.49. The van der Waals surface area contributed by atoms with Gasteiger partial charge in [0.1, 0.15) is 5.84 Å². The predicted octanol–water partition coefficient (Wildman–Crippen LogP) is 2.12. The first-order chi connectivity index (χ1) is 6.21. The van der Waals surface area contributed by atoms with Crippen molar-refractivity contribution in [3.8, 4) is 0 Å². The zero-order valence-electron chi connectivity index (χ0n) is 9.77. The second-order valence-electron chi connectivity index (χ2n) is 5.56. The van der Waals surface area contributed by atoms with Gasteiger partial charge in [-0.1, -0.05) is 13.8 Å². The number of piperidine rings is 1. The predicted molar refractivity (Wildman–Crippen MR) is 58.3 cm³/mol. The Balaban J connectivity index is 2.93. The fourth-order valence-corrected chi connectivity index (χ4v) is 1.42. The Morgan fingerprint density at radius 1 is 1.36 bits per heavy atom. The minimum atomic E-state index is -0.128. The number of carbonyl (C=O) groups is 1. The molecule has 1 fully saturated rings. The molecule has 0 aromatic rings. The number of hydrogen-bond donors (Lipinski definition) is 1. The highest BCUT2D eigenvalue weighted by molar-refractivity contribution is 6.03. The topological polar surface area (TPSA) is 41.5 Å². The second kappa shape index (κ2) is 3.37. The minimum absolute atomic E-state index is 0.00118. The molecule has 1 aliphatic rings. The molecule has 0 saturated carbocycles. The summed E-state index contributed by atoms with van der Waals surface area (Å²) in [6.45, 7) is 10.4.